The number of nitro groups is 1. The summed E-state index contributed by atoms with van der Waals surface area (Å²) in [5.74, 6) is -1.44. The maximum absolute atomic E-state index is 11.4. The highest BCUT2D eigenvalue weighted by Crippen LogP contribution is 2.30. The molecule has 0 radical (unpaired) electrons. The van der Waals surface area contributed by atoms with E-state index in [0.717, 1.165) is 6.07 Å². The molecule has 1 aliphatic rings. The van der Waals surface area contributed by atoms with E-state index in [4.69, 9.17) is 5.11 Å². The van der Waals surface area contributed by atoms with Crippen LogP contribution in [0.2, 0.25) is 0 Å². The van der Waals surface area contributed by atoms with Gasteiger partial charge in [0.05, 0.1) is 22.6 Å². The summed E-state index contributed by atoms with van der Waals surface area (Å²) < 4.78 is 0. The van der Waals surface area contributed by atoms with Gasteiger partial charge in [-0.1, -0.05) is 0 Å². The van der Waals surface area contributed by atoms with Crippen LogP contribution in [0, 0.1) is 17.0 Å². The Morgan fingerprint density at radius 1 is 1.50 bits per heavy atom. The van der Waals surface area contributed by atoms with Gasteiger partial charge in [-0.05, 0) is 13.0 Å². The highest BCUT2D eigenvalue weighted by Gasteiger charge is 2.24. The smallest absolute Gasteiger partial charge is 0.336 e. The fourth-order valence-corrected chi connectivity index (χ4v) is 2.17. The summed E-state index contributed by atoms with van der Waals surface area (Å²) in [5.41, 5.74) is 0.343. The third-order valence-electron chi connectivity index (χ3n) is 3.18. The third kappa shape index (κ3) is 2.53. The normalized spacial score (nSPS) is 14.8. The second kappa shape index (κ2) is 5.16. The van der Waals surface area contributed by atoms with Gasteiger partial charge < -0.3 is 15.3 Å². The van der Waals surface area contributed by atoms with Crippen LogP contribution in [0.15, 0.2) is 12.1 Å². The largest absolute Gasteiger partial charge is 0.478 e. The Morgan fingerprint density at radius 3 is 2.75 bits per heavy atom. The van der Waals surface area contributed by atoms with Crippen molar-refractivity contribution in [1.82, 2.24) is 5.32 Å². The summed E-state index contributed by atoms with van der Waals surface area (Å²) in [5, 5.41) is 22.7. The van der Waals surface area contributed by atoms with Gasteiger partial charge in [-0.15, -0.1) is 0 Å². The zero-order chi connectivity index (χ0) is 14.9. The molecule has 1 saturated heterocycles. The molecule has 1 aliphatic heterocycles. The standard InChI is InChI=1S/C12H13N3O5/c1-7-9(14-3-2-13-11(16)6-14)4-8(12(17)18)5-10(7)15(19)20/h4-5H,2-3,6H2,1H3,(H,13,16)(H,17,18). The zero-order valence-corrected chi connectivity index (χ0v) is 10.8. The molecule has 1 amide bonds. The van der Waals surface area contributed by atoms with Gasteiger partial charge >= 0.3 is 5.97 Å². The molecule has 20 heavy (non-hydrogen) atoms. The van der Waals surface area contributed by atoms with Gasteiger partial charge in [0, 0.05) is 24.8 Å². The number of amides is 1. The van der Waals surface area contributed by atoms with Gasteiger partial charge in [0.2, 0.25) is 5.91 Å². The molecule has 0 unspecified atom stereocenters. The van der Waals surface area contributed by atoms with Crippen molar-refractivity contribution in [3.05, 3.63) is 33.4 Å². The molecule has 1 aromatic rings. The average Bonchev–Trinajstić information content (AvgIpc) is 2.38. The Morgan fingerprint density at radius 2 is 2.20 bits per heavy atom. The highest BCUT2D eigenvalue weighted by molar-refractivity contribution is 5.91. The summed E-state index contributed by atoms with van der Waals surface area (Å²) >= 11 is 0. The van der Waals surface area contributed by atoms with E-state index in [1.54, 1.807) is 11.8 Å². The molecule has 8 nitrogen and oxygen atoms in total. The maximum atomic E-state index is 11.4. The van der Waals surface area contributed by atoms with Crippen LogP contribution in [0.3, 0.4) is 0 Å². The fourth-order valence-electron chi connectivity index (χ4n) is 2.17. The molecule has 1 heterocycles. The van der Waals surface area contributed by atoms with Gasteiger partial charge in [-0.25, -0.2) is 4.79 Å². The van der Waals surface area contributed by atoms with Crippen LogP contribution in [0.4, 0.5) is 11.4 Å². The molecular weight excluding hydrogens is 266 g/mol. The summed E-state index contributed by atoms with van der Waals surface area (Å²) in [7, 11) is 0. The Balaban J connectivity index is 2.53. The molecule has 0 saturated carbocycles. The minimum atomic E-state index is -1.24. The fraction of sp³-hybridized carbons (Fsp3) is 0.333. The number of nitro benzene ring substituents is 1. The van der Waals surface area contributed by atoms with E-state index < -0.39 is 10.9 Å². The van der Waals surface area contributed by atoms with E-state index in [1.807, 2.05) is 0 Å². The van der Waals surface area contributed by atoms with E-state index >= 15 is 0 Å². The van der Waals surface area contributed by atoms with Crippen LogP contribution in [-0.2, 0) is 4.79 Å². The van der Waals surface area contributed by atoms with E-state index in [0.29, 0.717) is 24.3 Å². The lowest BCUT2D eigenvalue weighted by Gasteiger charge is -2.29. The van der Waals surface area contributed by atoms with Gasteiger partial charge in [0.1, 0.15) is 0 Å². The molecular formula is C12H13N3O5. The molecule has 1 fully saturated rings. The molecule has 2 rings (SSSR count). The topological polar surface area (TPSA) is 113 Å². The van der Waals surface area contributed by atoms with Crippen LogP contribution in [0.25, 0.3) is 0 Å². The predicted octanol–water partition coefficient (Wildman–Crippen LogP) is 0.538. The van der Waals surface area contributed by atoms with Crippen LogP contribution in [0.1, 0.15) is 15.9 Å². The molecule has 0 bridgehead atoms. The number of hydrogen-bond acceptors (Lipinski definition) is 5. The quantitative estimate of drug-likeness (QED) is 0.616. The Bertz CT molecular complexity index is 599. The SMILES string of the molecule is Cc1c(N2CCNC(=O)C2)cc(C(=O)O)cc1[N+](=O)[O-]. The molecule has 2 N–H and O–H groups in total. The van der Waals surface area contributed by atoms with Gasteiger partial charge in [0.15, 0.2) is 0 Å². The zero-order valence-electron chi connectivity index (χ0n) is 10.8. The molecule has 0 spiro atoms. The number of carbonyl (C=O) groups is 2. The van der Waals surface area contributed by atoms with Gasteiger partial charge in [0.25, 0.3) is 5.69 Å². The number of anilines is 1. The minimum Gasteiger partial charge on any atom is -0.478 e. The predicted molar refractivity (Wildman–Crippen MR) is 70.0 cm³/mol. The summed E-state index contributed by atoms with van der Waals surface area (Å²) in [4.78, 5) is 34.5. The first-order valence-corrected chi connectivity index (χ1v) is 5.94. The van der Waals surface area contributed by atoms with Crippen LogP contribution in [-0.4, -0.2) is 41.5 Å². The summed E-state index contributed by atoms with van der Waals surface area (Å²) in [6.45, 7) is 2.50. The lowest BCUT2D eigenvalue weighted by Crippen LogP contribution is -2.48. The molecule has 1 aromatic carbocycles. The summed E-state index contributed by atoms with van der Waals surface area (Å²) in [6.07, 6.45) is 0. The second-order valence-corrected chi connectivity index (χ2v) is 4.47. The van der Waals surface area contributed by atoms with Crippen molar-refractivity contribution in [2.24, 2.45) is 0 Å². The first-order valence-electron chi connectivity index (χ1n) is 5.94. The summed E-state index contributed by atoms with van der Waals surface area (Å²) in [6, 6.07) is 2.40. The monoisotopic (exact) mass is 279 g/mol. The van der Waals surface area contributed by atoms with Crippen LogP contribution >= 0.6 is 0 Å². The Labute approximate surface area is 114 Å². The minimum absolute atomic E-state index is 0.0566. The van der Waals surface area contributed by atoms with Crippen molar-refractivity contribution in [2.75, 3.05) is 24.5 Å². The lowest BCUT2D eigenvalue weighted by atomic mass is 10.1. The highest BCUT2D eigenvalue weighted by atomic mass is 16.6. The molecule has 0 aliphatic carbocycles. The van der Waals surface area contributed by atoms with Crippen molar-refractivity contribution in [3.8, 4) is 0 Å². The molecule has 106 valence electrons. The first kappa shape index (κ1) is 13.8. The number of piperazine rings is 1. The number of aromatic carboxylic acids is 1. The number of nitrogens with zero attached hydrogens (tertiary/aromatic N) is 2. The lowest BCUT2D eigenvalue weighted by molar-refractivity contribution is -0.385. The van der Waals surface area contributed by atoms with Crippen molar-refractivity contribution in [1.29, 1.82) is 0 Å². The van der Waals surface area contributed by atoms with Gasteiger partial charge in [-0.3, -0.25) is 14.9 Å². The Kier molecular flexibility index (Phi) is 3.55. The average molecular weight is 279 g/mol. The van der Waals surface area contributed by atoms with E-state index in [2.05, 4.69) is 5.32 Å². The number of carboxylic acids is 1. The van der Waals surface area contributed by atoms with Crippen molar-refractivity contribution < 1.29 is 19.6 Å². The number of benzene rings is 1. The molecule has 0 atom stereocenters. The number of carboxylic acid groups (broad SMARTS) is 1. The van der Waals surface area contributed by atoms with Crippen LogP contribution in [0.5, 0.6) is 0 Å². The van der Waals surface area contributed by atoms with E-state index in [1.165, 1.54) is 6.07 Å². The van der Waals surface area contributed by atoms with Crippen molar-refractivity contribution in [3.63, 3.8) is 0 Å². The van der Waals surface area contributed by atoms with E-state index in [-0.39, 0.29) is 23.7 Å². The number of carbonyl (C=O) groups excluding carboxylic acids is 1. The first-order chi connectivity index (χ1) is 9.40. The third-order valence-corrected chi connectivity index (χ3v) is 3.18. The molecule has 0 aromatic heterocycles. The maximum Gasteiger partial charge on any atom is 0.336 e. The van der Waals surface area contributed by atoms with Gasteiger partial charge in [-0.2, -0.15) is 0 Å². The van der Waals surface area contributed by atoms with E-state index in [9.17, 15) is 19.7 Å². The number of hydrogen-bond donors (Lipinski definition) is 2. The molecule has 8 heteroatoms. The Hall–Kier alpha value is -2.64. The second-order valence-electron chi connectivity index (χ2n) is 4.47. The van der Waals surface area contributed by atoms with Crippen molar-refractivity contribution >= 4 is 23.3 Å². The van der Waals surface area contributed by atoms with Crippen LogP contribution < -0.4 is 10.2 Å². The number of rotatable bonds is 3. The van der Waals surface area contributed by atoms with Crippen molar-refractivity contribution in [2.45, 2.75) is 6.92 Å². The number of nitrogens with one attached hydrogen (secondary N) is 1.